The van der Waals surface area contributed by atoms with Gasteiger partial charge >= 0.3 is 0 Å². The maximum absolute atomic E-state index is 3.47. The van der Waals surface area contributed by atoms with Gasteiger partial charge in [-0.25, -0.2) is 0 Å². The molecule has 1 aliphatic heterocycles. The van der Waals surface area contributed by atoms with Crippen LogP contribution in [0.4, 0.5) is 0 Å². The Bertz CT molecular complexity index is 223. The monoisotopic (exact) mass is 252 g/mol. The lowest BCUT2D eigenvalue weighted by Crippen LogP contribution is -2.39. The van der Waals surface area contributed by atoms with Crippen LogP contribution in [0.5, 0.6) is 0 Å². The molecule has 2 heteroatoms. The third-order valence-corrected chi connectivity index (χ3v) is 4.98. The highest BCUT2D eigenvalue weighted by Gasteiger charge is 2.22. The predicted octanol–water partition coefficient (Wildman–Crippen LogP) is 3.13. The van der Waals surface area contributed by atoms with Crippen molar-refractivity contribution in [3.8, 4) is 0 Å². The van der Waals surface area contributed by atoms with Gasteiger partial charge in [0.25, 0.3) is 0 Å². The van der Waals surface area contributed by atoms with E-state index in [2.05, 4.69) is 24.1 Å². The third kappa shape index (κ3) is 4.55. The van der Waals surface area contributed by atoms with Crippen molar-refractivity contribution in [3.63, 3.8) is 0 Å². The molecule has 0 aromatic rings. The van der Waals surface area contributed by atoms with Crippen molar-refractivity contribution >= 4 is 0 Å². The maximum atomic E-state index is 3.47. The van der Waals surface area contributed by atoms with Crippen LogP contribution in [-0.4, -0.2) is 37.6 Å². The fraction of sp³-hybridized carbons (Fsp3) is 1.00. The van der Waals surface area contributed by atoms with Crippen molar-refractivity contribution < 1.29 is 0 Å². The summed E-state index contributed by atoms with van der Waals surface area (Å²) in [4.78, 5) is 2.73. The molecule has 2 rings (SSSR count). The zero-order valence-corrected chi connectivity index (χ0v) is 12.5. The predicted molar refractivity (Wildman–Crippen MR) is 78.8 cm³/mol. The fourth-order valence-electron chi connectivity index (χ4n) is 3.85. The Balaban J connectivity index is 1.73. The zero-order chi connectivity index (χ0) is 12.8. The molecule has 106 valence electrons. The van der Waals surface area contributed by atoms with Crippen molar-refractivity contribution in [1.29, 1.82) is 0 Å². The molecule has 1 saturated carbocycles. The molecule has 0 aromatic carbocycles. The fourth-order valence-corrected chi connectivity index (χ4v) is 3.85. The first kappa shape index (κ1) is 14.3. The minimum absolute atomic E-state index is 0.951. The van der Waals surface area contributed by atoms with Gasteiger partial charge in [-0.1, -0.05) is 26.7 Å². The standard InChI is InChI=1S/C16H32N2/c1-3-18(12-15-7-9-17-10-8-15)13-16-6-4-5-14(2)11-16/h14-17H,3-13H2,1-2H3. The normalized spacial score (nSPS) is 30.8. The minimum Gasteiger partial charge on any atom is -0.317 e. The van der Waals surface area contributed by atoms with Crippen LogP contribution in [0.15, 0.2) is 0 Å². The van der Waals surface area contributed by atoms with E-state index in [4.69, 9.17) is 0 Å². The van der Waals surface area contributed by atoms with E-state index in [1.165, 1.54) is 71.2 Å². The molecule has 2 atom stereocenters. The molecule has 2 nitrogen and oxygen atoms in total. The van der Waals surface area contributed by atoms with E-state index >= 15 is 0 Å². The second kappa shape index (κ2) is 7.49. The summed E-state index contributed by atoms with van der Waals surface area (Å²) in [5.41, 5.74) is 0. The molecule has 0 spiro atoms. The van der Waals surface area contributed by atoms with Crippen molar-refractivity contribution in [2.45, 2.75) is 52.4 Å². The lowest BCUT2D eigenvalue weighted by atomic mass is 9.82. The Labute approximate surface area is 114 Å². The quantitative estimate of drug-likeness (QED) is 0.808. The van der Waals surface area contributed by atoms with E-state index in [9.17, 15) is 0 Å². The van der Waals surface area contributed by atoms with Crippen LogP contribution in [0, 0.1) is 17.8 Å². The highest BCUT2D eigenvalue weighted by Crippen LogP contribution is 2.29. The molecule has 2 aliphatic rings. The Hall–Kier alpha value is -0.0800. The van der Waals surface area contributed by atoms with Crippen LogP contribution in [0.2, 0.25) is 0 Å². The molecule has 0 bridgehead atoms. The summed E-state index contributed by atoms with van der Waals surface area (Å²) in [5, 5.41) is 3.47. The van der Waals surface area contributed by atoms with Gasteiger partial charge in [-0.15, -0.1) is 0 Å². The minimum atomic E-state index is 0.951. The van der Waals surface area contributed by atoms with Crippen molar-refractivity contribution in [3.05, 3.63) is 0 Å². The van der Waals surface area contributed by atoms with Gasteiger partial charge in [-0.05, 0) is 63.1 Å². The van der Waals surface area contributed by atoms with Gasteiger partial charge in [0, 0.05) is 13.1 Å². The molecule has 1 heterocycles. The Morgan fingerprint density at radius 2 is 1.72 bits per heavy atom. The highest BCUT2D eigenvalue weighted by atomic mass is 15.1. The number of nitrogens with zero attached hydrogens (tertiary/aromatic N) is 1. The second-order valence-electron chi connectivity index (χ2n) is 6.68. The van der Waals surface area contributed by atoms with Gasteiger partial charge in [0.05, 0.1) is 0 Å². The number of nitrogens with one attached hydrogen (secondary N) is 1. The Kier molecular flexibility index (Phi) is 5.97. The van der Waals surface area contributed by atoms with Crippen molar-refractivity contribution in [2.75, 3.05) is 32.7 Å². The van der Waals surface area contributed by atoms with E-state index in [0.717, 1.165) is 17.8 Å². The van der Waals surface area contributed by atoms with Gasteiger partial charge in [0.1, 0.15) is 0 Å². The summed E-state index contributed by atoms with van der Waals surface area (Å²) >= 11 is 0. The molecule has 1 aliphatic carbocycles. The van der Waals surface area contributed by atoms with Crippen LogP contribution in [0.1, 0.15) is 52.4 Å². The Morgan fingerprint density at radius 1 is 1.00 bits per heavy atom. The lowest BCUT2D eigenvalue weighted by Gasteiger charge is -2.34. The Morgan fingerprint density at radius 3 is 2.39 bits per heavy atom. The third-order valence-electron chi connectivity index (χ3n) is 4.98. The van der Waals surface area contributed by atoms with Crippen molar-refractivity contribution in [1.82, 2.24) is 10.2 Å². The maximum Gasteiger partial charge on any atom is 0.00106 e. The smallest absolute Gasteiger partial charge is 0.00106 e. The molecule has 18 heavy (non-hydrogen) atoms. The average molecular weight is 252 g/mol. The lowest BCUT2D eigenvalue weighted by molar-refractivity contribution is 0.155. The molecular weight excluding hydrogens is 220 g/mol. The highest BCUT2D eigenvalue weighted by molar-refractivity contribution is 4.77. The van der Waals surface area contributed by atoms with E-state index in [1.54, 1.807) is 0 Å². The summed E-state index contributed by atoms with van der Waals surface area (Å²) in [6.07, 6.45) is 8.67. The van der Waals surface area contributed by atoms with Crippen molar-refractivity contribution in [2.24, 2.45) is 17.8 Å². The number of rotatable bonds is 5. The molecule has 0 radical (unpaired) electrons. The SMILES string of the molecule is CCN(CC1CCNCC1)CC1CCCC(C)C1. The summed E-state index contributed by atoms with van der Waals surface area (Å²) in [6, 6.07) is 0. The molecule has 2 fully saturated rings. The number of hydrogen-bond acceptors (Lipinski definition) is 2. The van der Waals surface area contributed by atoms with Crippen LogP contribution in [0.25, 0.3) is 0 Å². The van der Waals surface area contributed by atoms with E-state index in [0.29, 0.717) is 0 Å². The first-order chi connectivity index (χ1) is 8.78. The van der Waals surface area contributed by atoms with E-state index in [1.807, 2.05) is 0 Å². The molecule has 1 N–H and O–H groups in total. The van der Waals surface area contributed by atoms with Crippen LogP contribution in [0.3, 0.4) is 0 Å². The van der Waals surface area contributed by atoms with Gasteiger partial charge in [-0.2, -0.15) is 0 Å². The number of piperidine rings is 1. The summed E-state index contributed by atoms with van der Waals surface area (Å²) in [7, 11) is 0. The van der Waals surface area contributed by atoms with Crippen LogP contribution < -0.4 is 5.32 Å². The molecule has 2 unspecified atom stereocenters. The van der Waals surface area contributed by atoms with Gasteiger partial charge in [-0.3, -0.25) is 0 Å². The zero-order valence-electron chi connectivity index (χ0n) is 12.5. The van der Waals surface area contributed by atoms with Crippen LogP contribution >= 0.6 is 0 Å². The largest absolute Gasteiger partial charge is 0.317 e. The first-order valence-corrected chi connectivity index (χ1v) is 8.21. The summed E-state index contributed by atoms with van der Waals surface area (Å²) in [5.74, 6) is 2.91. The molecule has 1 saturated heterocycles. The average Bonchev–Trinajstić information content (AvgIpc) is 2.39. The van der Waals surface area contributed by atoms with E-state index < -0.39 is 0 Å². The summed E-state index contributed by atoms with van der Waals surface area (Å²) < 4.78 is 0. The molecular formula is C16H32N2. The van der Waals surface area contributed by atoms with Gasteiger partial charge in [0.15, 0.2) is 0 Å². The summed E-state index contributed by atoms with van der Waals surface area (Å²) in [6.45, 7) is 11.2. The number of hydrogen-bond donors (Lipinski definition) is 1. The first-order valence-electron chi connectivity index (χ1n) is 8.21. The molecule has 0 aromatic heterocycles. The van der Waals surface area contributed by atoms with E-state index in [-0.39, 0.29) is 0 Å². The second-order valence-corrected chi connectivity index (χ2v) is 6.68. The van der Waals surface area contributed by atoms with Crippen LogP contribution in [-0.2, 0) is 0 Å². The topological polar surface area (TPSA) is 15.3 Å². The molecule has 0 amide bonds. The van der Waals surface area contributed by atoms with Gasteiger partial charge < -0.3 is 10.2 Å². The van der Waals surface area contributed by atoms with Gasteiger partial charge in [0.2, 0.25) is 0 Å².